The monoisotopic (exact) mass is 434 g/mol. The van der Waals surface area contributed by atoms with Crippen LogP contribution in [0.25, 0.3) is 0 Å². The van der Waals surface area contributed by atoms with E-state index in [4.69, 9.17) is 33.3 Å². The second-order valence-corrected chi connectivity index (χ2v) is 33.8. The topological polar surface area (TPSA) is 0 Å². The Kier molecular flexibility index (Phi) is 11.8. The summed E-state index contributed by atoms with van der Waals surface area (Å²) in [7, 11) is 20.2. The van der Waals surface area contributed by atoms with E-state index in [-0.39, 0.29) is 59.6 Å². The van der Waals surface area contributed by atoms with Crippen LogP contribution < -0.4 is 58.2 Å². The van der Waals surface area contributed by atoms with Gasteiger partial charge < -0.3 is 1.43 Å². The van der Waals surface area contributed by atoms with Crippen LogP contribution in [-0.2, 0) is 0 Å². The second kappa shape index (κ2) is 5.66. The average Bonchev–Trinajstić information content (AvgIpc) is 0.722. The maximum Gasteiger partial charge on any atom is 1.00 e. The Labute approximate surface area is 106 Å². The van der Waals surface area contributed by atoms with Gasteiger partial charge in [0.15, 0.2) is 0 Å². The molecule has 0 radical (unpaired) electrons. The van der Waals surface area contributed by atoms with Crippen molar-refractivity contribution in [1.29, 1.82) is 0 Å². The van der Waals surface area contributed by atoms with E-state index in [2.05, 4.69) is 0 Å². The van der Waals surface area contributed by atoms with Gasteiger partial charge in [0.2, 0.25) is 0 Å². The van der Waals surface area contributed by atoms with Crippen LogP contribution in [0.15, 0.2) is 0 Å². The van der Waals surface area contributed by atoms with Gasteiger partial charge in [0.25, 0.3) is 0 Å². The second-order valence-electron chi connectivity index (χ2n) is 0.429. The van der Waals surface area contributed by atoms with Crippen LogP contribution in [0.5, 0.6) is 0 Å². The molecule has 0 N–H and O–H groups in total. The molecule has 0 aliphatic rings. The Bertz CT molecular complexity index is 27.2. The molecule has 0 saturated carbocycles. The van der Waals surface area contributed by atoms with Crippen molar-refractivity contribution in [2.75, 3.05) is 0 Å². The summed E-state index contributed by atoms with van der Waals surface area (Å²) in [4.78, 5) is 0. The fourth-order valence-corrected chi connectivity index (χ4v) is 0. The number of hydrogen-bond acceptors (Lipinski definition) is 0. The van der Waals surface area contributed by atoms with Gasteiger partial charge in [0.05, 0.1) is 0 Å². The molecule has 0 amide bonds. The Balaban J connectivity index is -0.0000000800. The standard InChI is InChI=1S/4ClH.Pb.Rb.H/h4*1H;;;/q;;;;+4;+1;-1/p-4. The molecule has 6 heavy (non-hydrogen) atoms. The fourth-order valence-electron chi connectivity index (χ4n) is 0. The van der Waals surface area contributed by atoms with E-state index in [1.54, 1.807) is 0 Å². The van der Waals surface area contributed by atoms with Gasteiger partial charge in [-0.3, -0.25) is 0 Å². The third-order valence-corrected chi connectivity index (χ3v) is 0. The summed E-state index contributed by atoms with van der Waals surface area (Å²) >= 11 is -3.39. The van der Waals surface area contributed by atoms with Crippen LogP contribution in [0, 0.1) is 0 Å². The summed E-state index contributed by atoms with van der Waals surface area (Å²) in [5, 5.41) is 0. The third kappa shape index (κ3) is 24.8. The normalized spacial score (nSPS) is 10.0. The summed E-state index contributed by atoms with van der Waals surface area (Å²) in [6.45, 7) is 0. The molecule has 0 nitrogen and oxygen atoms in total. The van der Waals surface area contributed by atoms with Gasteiger partial charge in [0, 0.05) is 0 Å². The van der Waals surface area contributed by atoms with Crippen LogP contribution >= 0.6 is 33.3 Å². The van der Waals surface area contributed by atoms with Gasteiger partial charge in [0.1, 0.15) is 0 Å². The first kappa shape index (κ1) is 12.6. The predicted octanol–water partition coefficient (Wildman–Crippen LogP) is -0.506. The summed E-state index contributed by atoms with van der Waals surface area (Å²) in [5.74, 6) is 0. The molecule has 0 aliphatic carbocycles. The van der Waals surface area contributed by atoms with Gasteiger partial charge in [-0.05, 0) is 0 Å². The van der Waals surface area contributed by atoms with Gasteiger partial charge in [-0.2, -0.15) is 0 Å². The molecule has 34 valence electrons. The molecular weight excluding hydrogens is 434 g/mol. The van der Waals surface area contributed by atoms with Crippen molar-refractivity contribution in [3.05, 3.63) is 0 Å². The van der Waals surface area contributed by atoms with Gasteiger partial charge in [-0.1, -0.05) is 0 Å². The molecule has 0 heterocycles. The molecule has 0 aromatic rings. The quantitative estimate of drug-likeness (QED) is 0.450. The number of rotatable bonds is 0. The first-order valence-electron chi connectivity index (χ1n) is 0.756. The maximum absolute atomic E-state index is 5.05. The summed E-state index contributed by atoms with van der Waals surface area (Å²) in [6.07, 6.45) is 0. The molecule has 0 aromatic heterocycles. The molecule has 0 fully saturated rings. The largest absolute Gasteiger partial charge is 1.00 e. The number of halogens is 4. The molecule has 6 heteroatoms. The summed E-state index contributed by atoms with van der Waals surface area (Å²) in [5.41, 5.74) is 0. The zero-order chi connectivity index (χ0) is 4.50. The first-order chi connectivity index (χ1) is 2.00. The third-order valence-electron chi connectivity index (χ3n) is 0. The Morgan fingerprint density at radius 2 is 1.00 bits per heavy atom. The van der Waals surface area contributed by atoms with Crippen molar-refractivity contribution < 1.29 is 59.6 Å². The Morgan fingerprint density at radius 3 is 1.00 bits per heavy atom. The molecular formula is HCl4PbRb. The van der Waals surface area contributed by atoms with Crippen LogP contribution in [0.1, 0.15) is 1.43 Å². The van der Waals surface area contributed by atoms with E-state index < -0.39 is 16.3 Å². The van der Waals surface area contributed by atoms with Crippen LogP contribution in [0.2, 0.25) is 0 Å². The van der Waals surface area contributed by atoms with Crippen molar-refractivity contribution in [1.82, 2.24) is 0 Å². The molecule has 0 rings (SSSR count). The van der Waals surface area contributed by atoms with Crippen LogP contribution in [0.3, 0.4) is 0 Å². The minimum atomic E-state index is -3.39. The Morgan fingerprint density at radius 1 is 1.00 bits per heavy atom. The zero-order valence-corrected chi connectivity index (χ0v) is 14.8. The van der Waals surface area contributed by atoms with Crippen molar-refractivity contribution in [3.8, 4) is 0 Å². The van der Waals surface area contributed by atoms with Crippen molar-refractivity contribution in [2.45, 2.75) is 0 Å². The van der Waals surface area contributed by atoms with E-state index in [1.807, 2.05) is 0 Å². The van der Waals surface area contributed by atoms with Gasteiger partial charge in [-0.25, -0.2) is 0 Å². The van der Waals surface area contributed by atoms with E-state index in [9.17, 15) is 0 Å². The SMILES string of the molecule is [Cl][Pb]([Cl])([Cl])[Cl].[H-].[Rb+]. The van der Waals surface area contributed by atoms with E-state index >= 15 is 0 Å². The molecule has 0 bridgehead atoms. The predicted molar refractivity (Wildman–Crippen MR) is 30.3 cm³/mol. The van der Waals surface area contributed by atoms with E-state index in [1.165, 1.54) is 0 Å². The molecule has 0 atom stereocenters. The minimum absolute atomic E-state index is 0. The first-order valence-corrected chi connectivity index (χ1v) is 19.9. The zero-order valence-electron chi connectivity index (χ0n) is 4.01. The number of hydrogen-bond donors (Lipinski definition) is 0. The molecule has 0 spiro atoms. The fraction of sp³-hybridized carbons (Fsp3) is 0. The molecule has 0 aromatic carbocycles. The minimum Gasteiger partial charge on any atom is -1.00 e. The summed E-state index contributed by atoms with van der Waals surface area (Å²) in [6, 6.07) is 0. The van der Waals surface area contributed by atoms with Crippen LogP contribution in [-0.4, -0.2) is 16.3 Å². The van der Waals surface area contributed by atoms with E-state index in [0.29, 0.717) is 0 Å². The molecule has 0 saturated heterocycles. The maximum atomic E-state index is 5.05. The van der Waals surface area contributed by atoms with Gasteiger partial charge in [-0.15, -0.1) is 0 Å². The van der Waals surface area contributed by atoms with Crippen molar-refractivity contribution in [2.24, 2.45) is 0 Å². The summed E-state index contributed by atoms with van der Waals surface area (Å²) < 4.78 is 0. The molecule has 0 aliphatic heterocycles. The van der Waals surface area contributed by atoms with Crippen molar-refractivity contribution >= 4 is 49.5 Å². The van der Waals surface area contributed by atoms with Crippen molar-refractivity contribution in [3.63, 3.8) is 0 Å². The average molecular weight is 435 g/mol. The van der Waals surface area contributed by atoms with E-state index in [0.717, 1.165) is 0 Å². The van der Waals surface area contributed by atoms with Crippen LogP contribution in [0.4, 0.5) is 0 Å². The smallest absolute Gasteiger partial charge is 1.00 e. The van der Waals surface area contributed by atoms with Gasteiger partial charge >= 0.3 is 108 Å². The Hall–Kier alpha value is 3.89. The molecule has 0 unspecified atom stereocenters.